The maximum absolute atomic E-state index is 5.58. The van der Waals surface area contributed by atoms with Crippen LogP contribution in [-0.2, 0) is 0 Å². The van der Waals surface area contributed by atoms with Gasteiger partial charge < -0.3 is 10.2 Å². The van der Waals surface area contributed by atoms with Gasteiger partial charge in [0.25, 0.3) is 0 Å². The molecule has 0 amide bonds. The first-order valence-corrected chi connectivity index (χ1v) is 6.39. The van der Waals surface area contributed by atoms with Crippen LogP contribution in [-0.4, -0.2) is 24.0 Å². The summed E-state index contributed by atoms with van der Waals surface area (Å²) in [7, 11) is 1.60. The lowest BCUT2D eigenvalue weighted by molar-refractivity contribution is 0.396. The van der Waals surface area contributed by atoms with E-state index in [-0.39, 0.29) is 0 Å². The second-order valence-electron chi connectivity index (χ2n) is 4.47. The number of nitrogens with one attached hydrogen (secondary N) is 1. The molecule has 0 spiro atoms. The Morgan fingerprint density at radius 3 is 2.89 bits per heavy atom. The zero-order chi connectivity index (χ0) is 12.8. The van der Waals surface area contributed by atoms with E-state index in [4.69, 9.17) is 15.6 Å². The van der Waals surface area contributed by atoms with E-state index in [9.17, 15) is 0 Å². The molecular weight excluding hydrogens is 228 g/mol. The van der Waals surface area contributed by atoms with Crippen LogP contribution < -0.4 is 16.0 Å². The maximum Gasteiger partial charge on any atom is 0.224 e. The molecule has 0 aliphatic heterocycles. The standard InChI is InChI=1S/C13H20N4O/c1-18-13-11(8-5-9-15-13)12(17-14)16-10-6-3-2-4-7-10/h5,8-10H,2-4,6-7,14H2,1H3,(H,16,17). The number of methoxy groups -OCH3 is 1. The van der Waals surface area contributed by atoms with Gasteiger partial charge in [-0.15, -0.1) is 0 Å². The van der Waals surface area contributed by atoms with Crippen molar-refractivity contribution in [2.45, 2.75) is 38.1 Å². The third kappa shape index (κ3) is 2.98. The molecule has 0 saturated heterocycles. The van der Waals surface area contributed by atoms with E-state index < -0.39 is 0 Å². The molecule has 1 aromatic rings. The second-order valence-corrected chi connectivity index (χ2v) is 4.47. The number of nitrogens with zero attached hydrogens (tertiary/aromatic N) is 2. The van der Waals surface area contributed by atoms with Crippen LogP contribution in [0.1, 0.15) is 37.7 Å². The highest BCUT2D eigenvalue weighted by atomic mass is 16.5. The molecule has 5 nitrogen and oxygen atoms in total. The number of nitrogens with two attached hydrogens (primary N) is 1. The van der Waals surface area contributed by atoms with Crippen LogP contribution in [0.15, 0.2) is 23.3 Å². The summed E-state index contributed by atoms with van der Waals surface area (Å²) in [5.74, 6) is 6.79. The molecule has 18 heavy (non-hydrogen) atoms. The van der Waals surface area contributed by atoms with Gasteiger partial charge in [0.2, 0.25) is 5.88 Å². The van der Waals surface area contributed by atoms with Crippen molar-refractivity contribution in [3.8, 4) is 5.88 Å². The lowest BCUT2D eigenvalue weighted by Gasteiger charge is -2.19. The number of amidine groups is 1. The van der Waals surface area contributed by atoms with E-state index in [2.05, 4.69) is 10.4 Å². The Morgan fingerprint density at radius 1 is 1.44 bits per heavy atom. The molecule has 0 unspecified atom stereocenters. The normalized spacial score (nSPS) is 17.6. The van der Waals surface area contributed by atoms with E-state index in [0.29, 0.717) is 17.8 Å². The summed E-state index contributed by atoms with van der Waals surface area (Å²) in [5, 5.41) is 0. The molecule has 0 aromatic carbocycles. The maximum atomic E-state index is 5.58. The zero-order valence-electron chi connectivity index (χ0n) is 10.7. The highest BCUT2D eigenvalue weighted by Gasteiger charge is 2.15. The van der Waals surface area contributed by atoms with E-state index in [1.807, 2.05) is 12.1 Å². The largest absolute Gasteiger partial charge is 0.480 e. The number of pyridine rings is 1. The summed E-state index contributed by atoms with van der Waals surface area (Å²) in [4.78, 5) is 8.85. The van der Waals surface area contributed by atoms with Crippen LogP contribution in [0.3, 0.4) is 0 Å². The van der Waals surface area contributed by atoms with Gasteiger partial charge in [-0.25, -0.2) is 10.8 Å². The minimum atomic E-state index is 0.356. The molecule has 2 rings (SSSR count). The van der Waals surface area contributed by atoms with Crippen LogP contribution in [0.4, 0.5) is 0 Å². The zero-order valence-corrected chi connectivity index (χ0v) is 10.7. The summed E-state index contributed by atoms with van der Waals surface area (Å²) >= 11 is 0. The quantitative estimate of drug-likeness (QED) is 0.369. The molecular formula is C13H20N4O. The first kappa shape index (κ1) is 12.8. The molecule has 1 heterocycles. The molecule has 0 radical (unpaired) electrons. The Morgan fingerprint density at radius 2 is 2.22 bits per heavy atom. The number of aromatic nitrogens is 1. The van der Waals surface area contributed by atoms with Crippen molar-refractivity contribution in [3.63, 3.8) is 0 Å². The van der Waals surface area contributed by atoms with Crippen LogP contribution in [0.5, 0.6) is 5.88 Å². The molecule has 1 aromatic heterocycles. The second kappa shape index (κ2) is 6.35. The summed E-state index contributed by atoms with van der Waals surface area (Å²) in [5.41, 5.74) is 3.48. The molecule has 3 N–H and O–H groups in total. The number of rotatable bonds is 3. The van der Waals surface area contributed by atoms with Gasteiger partial charge in [0.05, 0.1) is 18.7 Å². The summed E-state index contributed by atoms with van der Waals surface area (Å²) < 4.78 is 5.23. The average Bonchev–Trinajstić information content (AvgIpc) is 2.46. The van der Waals surface area contributed by atoms with Crippen LogP contribution in [0.25, 0.3) is 0 Å². The third-order valence-corrected chi connectivity index (χ3v) is 3.24. The molecule has 1 aliphatic carbocycles. The van der Waals surface area contributed by atoms with Crippen LogP contribution in [0, 0.1) is 0 Å². The van der Waals surface area contributed by atoms with Gasteiger partial charge in [0, 0.05) is 6.20 Å². The first-order valence-electron chi connectivity index (χ1n) is 6.39. The third-order valence-electron chi connectivity index (χ3n) is 3.24. The van der Waals surface area contributed by atoms with Crippen LogP contribution >= 0.6 is 0 Å². The Kier molecular flexibility index (Phi) is 4.52. The SMILES string of the molecule is COc1ncccc1C(=NC1CCCCC1)NN. The fraction of sp³-hybridized carbons (Fsp3) is 0.538. The first-order chi connectivity index (χ1) is 8.85. The van der Waals surface area contributed by atoms with Gasteiger partial charge in [0.15, 0.2) is 0 Å². The Bertz CT molecular complexity index is 413. The van der Waals surface area contributed by atoms with E-state index >= 15 is 0 Å². The summed E-state index contributed by atoms with van der Waals surface area (Å²) in [6.07, 6.45) is 7.76. The van der Waals surface area contributed by atoms with Gasteiger partial charge in [-0.2, -0.15) is 0 Å². The van der Waals surface area contributed by atoms with Gasteiger partial charge in [-0.3, -0.25) is 4.99 Å². The fourth-order valence-electron chi connectivity index (χ4n) is 2.31. The minimum absolute atomic E-state index is 0.356. The number of aliphatic imine (C=N–C) groups is 1. The minimum Gasteiger partial charge on any atom is -0.480 e. The van der Waals surface area contributed by atoms with Gasteiger partial charge in [0.1, 0.15) is 5.84 Å². The molecule has 5 heteroatoms. The van der Waals surface area contributed by atoms with E-state index in [1.54, 1.807) is 13.3 Å². The monoisotopic (exact) mass is 248 g/mol. The molecule has 1 saturated carbocycles. The predicted octanol–water partition coefficient (Wildman–Crippen LogP) is 1.63. The smallest absolute Gasteiger partial charge is 0.224 e. The van der Waals surface area contributed by atoms with E-state index in [0.717, 1.165) is 18.4 Å². The van der Waals surface area contributed by atoms with Crippen molar-refractivity contribution in [3.05, 3.63) is 23.9 Å². The van der Waals surface area contributed by atoms with Gasteiger partial charge in [-0.1, -0.05) is 19.3 Å². The summed E-state index contributed by atoms with van der Waals surface area (Å²) in [6, 6.07) is 4.12. The van der Waals surface area contributed by atoms with Crippen molar-refractivity contribution in [2.24, 2.45) is 10.8 Å². The van der Waals surface area contributed by atoms with Crippen molar-refractivity contribution in [1.29, 1.82) is 0 Å². The van der Waals surface area contributed by atoms with Crippen LogP contribution in [0.2, 0.25) is 0 Å². The number of hydrogen-bond donors (Lipinski definition) is 2. The highest BCUT2D eigenvalue weighted by Crippen LogP contribution is 2.22. The van der Waals surface area contributed by atoms with Crippen molar-refractivity contribution >= 4 is 5.84 Å². The number of ether oxygens (including phenoxy) is 1. The Balaban J connectivity index is 2.23. The molecule has 0 bridgehead atoms. The number of hydrazine groups is 1. The fourth-order valence-corrected chi connectivity index (χ4v) is 2.31. The highest BCUT2D eigenvalue weighted by molar-refractivity contribution is 6.00. The van der Waals surface area contributed by atoms with E-state index in [1.165, 1.54) is 19.3 Å². The van der Waals surface area contributed by atoms with Gasteiger partial charge >= 0.3 is 0 Å². The van der Waals surface area contributed by atoms with Crippen molar-refractivity contribution < 1.29 is 4.74 Å². The molecule has 0 atom stereocenters. The van der Waals surface area contributed by atoms with Crippen molar-refractivity contribution in [2.75, 3.05) is 7.11 Å². The molecule has 1 fully saturated rings. The Labute approximate surface area is 107 Å². The molecule has 98 valence electrons. The lowest BCUT2D eigenvalue weighted by atomic mass is 9.96. The Hall–Kier alpha value is -1.62. The van der Waals surface area contributed by atoms with Gasteiger partial charge in [-0.05, 0) is 25.0 Å². The lowest BCUT2D eigenvalue weighted by Crippen LogP contribution is -2.33. The average molecular weight is 248 g/mol. The summed E-state index contributed by atoms with van der Waals surface area (Å²) in [6.45, 7) is 0. The number of hydrogen-bond acceptors (Lipinski definition) is 4. The topological polar surface area (TPSA) is 72.5 Å². The van der Waals surface area contributed by atoms with Crippen molar-refractivity contribution in [1.82, 2.24) is 10.4 Å². The molecule has 1 aliphatic rings. The predicted molar refractivity (Wildman–Crippen MR) is 71.5 cm³/mol.